The summed E-state index contributed by atoms with van der Waals surface area (Å²) in [4.78, 5) is 17.5. The van der Waals surface area contributed by atoms with E-state index in [2.05, 4.69) is 27.0 Å². The fourth-order valence-electron chi connectivity index (χ4n) is 2.96. The highest BCUT2D eigenvalue weighted by Gasteiger charge is 2.24. The summed E-state index contributed by atoms with van der Waals surface area (Å²) in [6.07, 6.45) is 3.95. The van der Waals surface area contributed by atoms with Crippen LogP contribution in [0.4, 0.5) is 5.69 Å². The largest absolute Gasteiger partial charge is 0.350 e. The number of aromatic nitrogens is 1. The first-order valence-electron chi connectivity index (χ1n) is 8.11. The molecule has 1 N–H and O–H groups in total. The van der Waals surface area contributed by atoms with Gasteiger partial charge in [-0.05, 0) is 54.6 Å². The normalized spacial score (nSPS) is 17.4. The van der Waals surface area contributed by atoms with Gasteiger partial charge >= 0.3 is 0 Å². The van der Waals surface area contributed by atoms with Gasteiger partial charge in [0.2, 0.25) is 0 Å². The van der Waals surface area contributed by atoms with Crippen LogP contribution in [-0.2, 0) is 11.8 Å². The van der Waals surface area contributed by atoms with Crippen LogP contribution in [0.5, 0.6) is 0 Å². The van der Waals surface area contributed by atoms with Crippen molar-refractivity contribution < 1.29 is 4.79 Å². The lowest BCUT2D eigenvalue weighted by Crippen LogP contribution is -2.19. The van der Waals surface area contributed by atoms with Crippen molar-refractivity contribution in [3.8, 4) is 0 Å². The Hall–Kier alpha value is -2.50. The molecular formula is C20H16ClN3OS. The molecular weight excluding hydrogens is 366 g/mol. The number of nitrogens with zero attached hydrogens (tertiary/aromatic N) is 2. The number of halogens is 1. The Kier molecular flexibility index (Phi) is 4.34. The van der Waals surface area contributed by atoms with Crippen LogP contribution < -0.4 is 5.32 Å². The number of amidine groups is 1. The lowest BCUT2D eigenvalue weighted by molar-refractivity contribution is -0.115. The summed E-state index contributed by atoms with van der Waals surface area (Å²) in [5.41, 5.74) is 3.91. The number of fused-ring (bicyclic) bond motifs is 1. The van der Waals surface area contributed by atoms with Gasteiger partial charge in [-0.3, -0.25) is 4.79 Å². The maximum atomic E-state index is 12.4. The number of aryl methyl sites for hydroxylation is 2. The van der Waals surface area contributed by atoms with Crippen LogP contribution in [0.2, 0.25) is 5.02 Å². The number of carbonyl (C=O) groups excluding carboxylic acids is 1. The number of nitrogens with one attached hydrogen (secondary N) is 1. The third-order valence-corrected chi connectivity index (χ3v) is 5.39. The van der Waals surface area contributed by atoms with Crippen LogP contribution in [-0.4, -0.2) is 15.6 Å². The average Bonchev–Trinajstić information content (AvgIpc) is 3.11. The predicted molar refractivity (Wildman–Crippen MR) is 110 cm³/mol. The Labute approximate surface area is 160 Å². The van der Waals surface area contributed by atoms with Gasteiger partial charge in [-0.25, -0.2) is 4.99 Å². The number of thioether (sulfide) groups is 1. The highest BCUT2D eigenvalue weighted by Crippen LogP contribution is 2.31. The third-order valence-electron chi connectivity index (χ3n) is 4.25. The highest BCUT2D eigenvalue weighted by atomic mass is 35.5. The second-order valence-corrected chi connectivity index (χ2v) is 7.59. The molecule has 2 aromatic carbocycles. The first kappa shape index (κ1) is 16.9. The second-order valence-electron chi connectivity index (χ2n) is 6.13. The van der Waals surface area contributed by atoms with Gasteiger partial charge in [0.05, 0.1) is 10.6 Å². The van der Waals surface area contributed by atoms with E-state index < -0.39 is 0 Å². The van der Waals surface area contributed by atoms with E-state index in [4.69, 9.17) is 11.6 Å². The molecule has 26 heavy (non-hydrogen) atoms. The van der Waals surface area contributed by atoms with Crippen LogP contribution in [0.15, 0.2) is 58.6 Å². The van der Waals surface area contributed by atoms with Gasteiger partial charge < -0.3 is 9.88 Å². The maximum Gasteiger partial charge on any atom is 0.264 e. The van der Waals surface area contributed by atoms with E-state index in [1.165, 1.54) is 11.8 Å². The topological polar surface area (TPSA) is 46.4 Å². The summed E-state index contributed by atoms with van der Waals surface area (Å²) in [7, 11) is 2.00. The van der Waals surface area contributed by atoms with Crippen molar-refractivity contribution in [3.05, 3.63) is 69.7 Å². The van der Waals surface area contributed by atoms with Gasteiger partial charge in [-0.2, -0.15) is 0 Å². The first-order valence-corrected chi connectivity index (χ1v) is 9.30. The minimum atomic E-state index is -0.131. The monoisotopic (exact) mass is 381 g/mol. The molecule has 0 atom stereocenters. The van der Waals surface area contributed by atoms with E-state index in [0.717, 1.165) is 27.7 Å². The molecule has 1 amide bonds. The lowest BCUT2D eigenvalue weighted by atomic mass is 10.1. The number of aliphatic imine (C=N–C) groups is 1. The molecule has 0 bridgehead atoms. The third kappa shape index (κ3) is 3.16. The molecule has 1 saturated heterocycles. The van der Waals surface area contributed by atoms with Crippen LogP contribution in [0.1, 0.15) is 11.1 Å². The molecule has 0 unspecified atom stereocenters. The van der Waals surface area contributed by atoms with E-state index in [9.17, 15) is 4.79 Å². The summed E-state index contributed by atoms with van der Waals surface area (Å²) < 4.78 is 2.06. The Morgan fingerprint density at radius 3 is 2.85 bits per heavy atom. The number of para-hydroxylation sites is 1. The van der Waals surface area contributed by atoms with Gasteiger partial charge in [0.15, 0.2) is 5.17 Å². The zero-order valence-corrected chi connectivity index (χ0v) is 15.9. The molecule has 130 valence electrons. The van der Waals surface area contributed by atoms with Crippen molar-refractivity contribution in [1.82, 2.24) is 9.88 Å². The summed E-state index contributed by atoms with van der Waals surface area (Å²) >= 11 is 7.33. The van der Waals surface area contributed by atoms with Crippen LogP contribution >= 0.6 is 23.4 Å². The van der Waals surface area contributed by atoms with E-state index in [1.807, 2.05) is 50.5 Å². The molecule has 1 aliphatic rings. The first-order chi connectivity index (χ1) is 12.5. The quantitative estimate of drug-likeness (QED) is 0.632. The lowest BCUT2D eigenvalue weighted by Gasteiger charge is -2.01. The summed E-state index contributed by atoms with van der Waals surface area (Å²) in [5, 5.41) is 5.20. The van der Waals surface area contributed by atoms with Gasteiger partial charge in [0, 0.05) is 34.7 Å². The zero-order chi connectivity index (χ0) is 18.3. The number of amides is 1. The van der Waals surface area contributed by atoms with Gasteiger partial charge in [0.1, 0.15) is 0 Å². The van der Waals surface area contributed by atoms with Gasteiger partial charge in [-0.1, -0.05) is 29.8 Å². The number of hydrogen-bond donors (Lipinski definition) is 1. The molecule has 0 spiro atoms. The van der Waals surface area contributed by atoms with Gasteiger partial charge in [0.25, 0.3) is 5.91 Å². The number of carbonyl (C=O) groups is 1. The fourth-order valence-corrected chi connectivity index (χ4v) is 4.02. The molecule has 4 rings (SSSR count). The van der Waals surface area contributed by atoms with Crippen molar-refractivity contribution >= 4 is 57.1 Å². The van der Waals surface area contributed by atoms with Crippen LogP contribution in [0.25, 0.3) is 17.0 Å². The molecule has 1 aromatic heterocycles. The van der Waals surface area contributed by atoms with Crippen molar-refractivity contribution in [2.75, 3.05) is 0 Å². The van der Waals surface area contributed by atoms with E-state index >= 15 is 0 Å². The molecule has 2 heterocycles. The Balaban J connectivity index is 1.67. The summed E-state index contributed by atoms with van der Waals surface area (Å²) in [6, 6.07) is 13.6. The maximum absolute atomic E-state index is 12.4. The number of rotatable bonds is 2. The molecule has 1 fully saturated rings. The molecule has 0 saturated carbocycles. The minimum absolute atomic E-state index is 0.131. The molecule has 3 aromatic rings. The van der Waals surface area contributed by atoms with Crippen molar-refractivity contribution in [2.24, 2.45) is 12.0 Å². The molecule has 6 heteroatoms. The molecule has 4 nitrogen and oxygen atoms in total. The van der Waals surface area contributed by atoms with Gasteiger partial charge in [-0.15, -0.1) is 0 Å². The van der Waals surface area contributed by atoms with Crippen molar-refractivity contribution in [1.29, 1.82) is 0 Å². The Bertz CT molecular complexity index is 1100. The SMILES string of the molecule is Cc1cc(Cl)ccc1N=C1NC(=O)/C(=C\c2cn(C)c3ccccc23)S1. The summed E-state index contributed by atoms with van der Waals surface area (Å²) in [6.45, 7) is 1.94. The van der Waals surface area contributed by atoms with E-state index in [-0.39, 0.29) is 5.91 Å². The van der Waals surface area contributed by atoms with E-state index in [0.29, 0.717) is 15.1 Å². The predicted octanol–water partition coefficient (Wildman–Crippen LogP) is 5.03. The average molecular weight is 382 g/mol. The van der Waals surface area contributed by atoms with E-state index in [1.54, 1.807) is 6.07 Å². The molecule has 0 aliphatic carbocycles. The smallest absolute Gasteiger partial charge is 0.264 e. The molecule has 0 radical (unpaired) electrons. The summed E-state index contributed by atoms with van der Waals surface area (Å²) in [5.74, 6) is -0.131. The number of hydrogen-bond acceptors (Lipinski definition) is 3. The highest BCUT2D eigenvalue weighted by molar-refractivity contribution is 8.18. The molecule has 1 aliphatic heterocycles. The second kappa shape index (κ2) is 6.67. The van der Waals surface area contributed by atoms with Crippen LogP contribution in [0.3, 0.4) is 0 Å². The van der Waals surface area contributed by atoms with Crippen molar-refractivity contribution in [2.45, 2.75) is 6.92 Å². The fraction of sp³-hybridized carbons (Fsp3) is 0.100. The zero-order valence-electron chi connectivity index (χ0n) is 14.3. The Morgan fingerprint density at radius 1 is 1.23 bits per heavy atom. The Morgan fingerprint density at radius 2 is 2.04 bits per heavy atom. The van der Waals surface area contributed by atoms with Crippen LogP contribution in [0, 0.1) is 6.92 Å². The number of benzene rings is 2. The minimum Gasteiger partial charge on any atom is -0.350 e. The van der Waals surface area contributed by atoms with Crippen molar-refractivity contribution in [3.63, 3.8) is 0 Å². The standard InChI is InChI=1S/C20H16ClN3OS/c1-12-9-14(21)7-8-16(12)22-20-23-19(25)18(26-20)10-13-11-24(2)17-6-4-3-5-15(13)17/h3-11H,1-2H3,(H,22,23,25)/b18-10+.